The molecule has 0 aliphatic rings. The van der Waals surface area contributed by atoms with Gasteiger partial charge in [-0.3, -0.25) is 5.84 Å². The maximum absolute atomic E-state index is 10.8. The van der Waals surface area contributed by atoms with Crippen molar-refractivity contribution in [3.05, 3.63) is 45.3 Å². The highest BCUT2D eigenvalue weighted by molar-refractivity contribution is 5.31. The molecule has 15 heavy (non-hydrogen) atoms. The van der Waals surface area contributed by atoms with Crippen molar-refractivity contribution in [2.45, 2.75) is 20.0 Å². The van der Waals surface area contributed by atoms with Crippen LogP contribution in [0.4, 0.5) is 0 Å². The molecule has 0 saturated heterocycles. The number of hydrazine groups is 1. The summed E-state index contributed by atoms with van der Waals surface area (Å²) in [5, 5.41) is 22.7. The first-order chi connectivity index (χ1) is 6.99. The molecule has 0 atom stereocenters. The molecule has 1 aromatic carbocycles. The largest absolute Gasteiger partial charge is 0.785 e. The molecule has 0 bridgehead atoms. The van der Waals surface area contributed by atoms with Crippen molar-refractivity contribution in [3.63, 3.8) is 0 Å². The lowest BCUT2D eigenvalue weighted by molar-refractivity contribution is 0.388. The van der Waals surface area contributed by atoms with Gasteiger partial charge in [-0.2, -0.15) is 0 Å². The first-order valence-corrected chi connectivity index (χ1v) is 4.65. The average molecular weight is 209 g/mol. The number of nitrogens with zero attached hydrogens (tertiary/aromatic N) is 2. The third kappa shape index (κ3) is 3.94. The van der Waals surface area contributed by atoms with E-state index in [0.29, 0.717) is 11.7 Å². The Labute approximate surface area is 89.2 Å². The highest BCUT2D eigenvalue weighted by Crippen LogP contribution is 2.13. The van der Waals surface area contributed by atoms with E-state index < -0.39 is 0 Å². The van der Waals surface area contributed by atoms with Crippen molar-refractivity contribution in [1.82, 2.24) is 10.2 Å². The van der Waals surface area contributed by atoms with E-state index >= 15 is 0 Å². The first kappa shape index (κ1) is 12.1. The number of aryl methyl sites for hydroxylation is 1. The SMILES string of the molecule is Cc1cc(CN(C)[O-])ccc1CN(N)[O-]. The average Bonchev–Trinajstić information content (AvgIpc) is 2.08. The Morgan fingerprint density at radius 1 is 1.27 bits per heavy atom. The molecule has 84 valence electrons. The number of hydroxylamine groups is 3. The maximum Gasteiger partial charge on any atom is 0.0246 e. The molecule has 0 aliphatic heterocycles. The van der Waals surface area contributed by atoms with Crippen LogP contribution in [0.1, 0.15) is 16.7 Å². The van der Waals surface area contributed by atoms with E-state index in [9.17, 15) is 10.4 Å². The summed E-state index contributed by atoms with van der Waals surface area (Å²) in [7, 11) is 1.47. The fourth-order valence-corrected chi connectivity index (χ4v) is 1.46. The molecule has 0 unspecified atom stereocenters. The van der Waals surface area contributed by atoms with Crippen LogP contribution in [0, 0.1) is 17.3 Å². The van der Waals surface area contributed by atoms with Crippen molar-refractivity contribution in [2.75, 3.05) is 7.05 Å². The van der Waals surface area contributed by atoms with E-state index in [0.717, 1.165) is 21.8 Å². The highest BCUT2D eigenvalue weighted by atomic mass is 16.5. The van der Waals surface area contributed by atoms with Gasteiger partial charge in [0.2, 0.25) is 0 Å². The van der Waals surface area contributed by atoms with Crippen LogP contribution in [0.2, 0.25) is 0 Å². The molecule has 0 fully saturated rings. The smallest absolute Gasteiger partial charge is 0.0246 e. The lowest BCUT2D eigenvalue weighted by Gasteiger charge is -2.24. The molecule has 0 aliphatic carbocycles. The van der Waals surface area contributed by atoms with Gasteiger partial charge in [-0.05, 0) is 30.7 Å². The van der Waals surface area contributed by atoms with E-state index in [4.69, 9.17) is 5.84 Å². The standard InChI is InChI=1S/C10H15N3O2/c1-8-5-9(6-12(2)14)3-4-10(8)7-13(11)15/h3-5H,6-7,11H2,1-2H3/q-2. The summed E-state index contributed by atoms with van der Waals surface area (Å²) < 4.78 is 0. The van der Waals surface area contributed by atoms with Gasteiger partial charge in [-0.25, -0.2) is 0 Å². The number of hydrogen-bond donors (Lipinski definition) is 1. The van der Waals surface area contributed by atoms with Gasteiger partial charge < -0.3 is 20.6 Å². The Morgan fingerprint density at radius 2 is 1.93 bits per heavy atom. The Balaban J connectivity index is 2.78. The molecule has 5 heteroatoms. The summed E-state index contributed by atoms with van der Waals surface area (Å²) in [6.07, 6.45) is 0. The van der Waals surface area contributed by atoms with Crippen molar-refractivity contribution in [1.29, 1.82) is 0 Å². The summed E-state index contributed by atoms with van der Waals surface area (Å²) in [5.41, 5.74) is 2.79. The topological polar surface area (TPSA) is 78.6 Å². The molecule has 5 nitrogen and oxygen atoms in total. The van der Waals surface area contributed by atoms with Crippen molar-refractivity contribution >= 4 is 0 Å². The van der Waals surface area contributed by atoms with Crippen LogP contribution < -0.4 is 5.84 Å². The van der Waals surface area contributed by atoms with Crippen molar-refractivity contribution in [3.8, 4) is 0 Å². The molecular formula is C10H15N3O2-2. The summed E-state index contributed by atoms with van der Waals surface area (Å²) in [6.45, 7) is 2.41. The highest BCUT2D eigenvalue weighted by Gasteiger charge is 2.00. The fraction of sp³-hybridized carbons (Fsp3) is 0.400. The molecule has 1 aromatic rings. The van der Waals surface area contributed by atoms with Crippen molar-refractivity contribution < 1.29 is 0 Å². The predicted octanol–water partition coefficient (Wildman–Crippen LogP) is 1.10. The number of rotatable bonds is 4. The molecule has 0 spiro atoms. The Morgan fingerprint density at radius 3 is 2.40 bits per heavy atom. The Hall–Kier alpha value is -0.980. The summed E-state index contributed by atoms with van der Waals surface area (Å²) in [4.78, 5) is 0. The van der Waals surface area contributed by atoms with Crippen LogP contribution in [0.25, 0.3) is 0 Å². The Kier molecular flexibility index (Phi) is 4.19. The maximum atomic E-state index is 10.8. The predicted molar refractivity (Wildman–Crippen MR) is 59.1 cm³/mol. The third-order valence-corrected chi connectivity index (χ3v) is 2.14. The minimum atomic E-state index is 0.166. The molecule has 0 radical (unpaired) electrons. The minimum absolute atomic E-state index is 0.166. The molecule has 0 saturated carbocycles. The number of hydrogen-bond acceptors (Lipinski definition) is 5. The van der Waals surface area contributed by atoms with Crippen LogP contribution in [0.3, 0.4) is 0 Å². The summed E-state index contributed by atoms with van der Waals surface area (Å²) in [5.74, 6) is 5.03. The molecule has 0 aromatic heterocycles. The second-order valence-electron chi connectivity index (χ2n) is 3.62. The van der Waals surface area contributed by atoms with E-state index in [1.807, 2.05) is 25.1 Å². The summed E-state index contributed by atoms with van der Waals surface area (Å²) in [6, 6.07) is 5.55. The van der Waals surface area contributed by atoms with Crippen LogP contribution in [-0.2, 0) is 13.1 Å². The molecule has 2 N–H and O–H groups in total. The zero-order valence-corrected chi connectivity index (χ0v) is 8.93. The van der Waals surface area contributed by atoms with Gasteiger partial charge in [0.1, 0.15) is 0 Å². The van der Waals surface area contributed by atoms with Crippen LogP contribution in [0.5, 0.6) is 0 Å². The van der Waals surface area contributed by atoms with E-state index in [-0.39, 0.29) is 6.54 Å². The van der Waals surface area contributed by atoms with Gasteiger partial charge >= 0.3 is 0 Å². The quantitative estimate of drug-likeness (QED) is 0.593. The fourth-order valence-electron chi connectivity index (χ4n) is 1.46. The molecule has 1 rings (SSSR count). The monoisotopic (exact) mass is 209 g/mol. The van der Waals surface area contributed by atoms with Crippen LogP contribution in [-0.4, -0.2) is 17.3 Å². The van der Waals surface area contributed by atoms with Gasteiger partial charge in [-0.15, -0.1) is 0 Å². The van der Waals surface area contributed by atoms with Gasteiger partial charge in [0, 0.05) is 13.1 Å². The normalized spacial score (nSPS) is 11.4. The minimum Gasteiger partial charge on any atom is -0.785 e. The second-order valence-corrected chi connectivity index (χ2v) is 3.62. The van der Waals surface area contributed by atoms with Gasteiger partial charge in [0.15, 0.2) is 0 Å². The number of nitrogens with two attached hydrogens (primary N) is 1. The van der Waals surface area contributed by atoms with E-state index in [1.165, 1.54) is 7.05 Å². The lowest BCUT2D eigenvalue weighted by Crippen LogP contribution is -2.23. The van der Waals surface area contributed by atoms with Gasteiger partial charge in [0.05, 0.1) is 0 Å². The van der Waals surface area contributed by atoms with Crippen molar-refractivity contribution in [2.24, 2.45) is 5.84 Å². The molecular weight excluding hydrogens is 194 g/mol. The summed E-state index contributed by atoms with van der Waals surface area (Å²) >= 11 is 0. The molecule has 0 amide bonds. The van der Waals surface area contributed by atoms with Gasteiger partial charge in [0.25, 0.3) is 0 Å². The van der Waals surface area contributed by atoms with E-state index in [1.54, 1.807) is 0 Å². The number of benzene rings is 1. The lowest BCUT2D eigenvalue weighted by atomic mass is 10.1. The zero-order valence-electron chi connectivity index (χ0n) is 8.93. The van der Waals surface area contributed by atoms with Gasteiger partial charge in [-0.1, -0.05) is 18.2 Å². The van der Waals surface area contributed by atoms with Crippen LogP contribution >= 0.6 is 0 Å². The first-order valence-electron chi connectivity index (χ1n) is 4.65. The zero-order chi connectivity index (χ0) is 11.4. The second kappa shape index (κ2) is 5.20. The van der Waals surface area contributed by atoms with E-state index in [2.05, 4.69) is 0 Å². The Bertz CT molecular complexity index is 326. The van der Waals surface area contributed by atoms with Crippen LogP contribution in [0.15, 0.2) is 18.2 Å². The molecule has 0 heterocycles. The third-order valence-electron chi connectivity index (χ3n) is 2.14.